The second-order valence-electron chi connectivity index (χ2n) is 6.00. The van der Waals surface area contributed by atoms with Crippen LogP contribution < -0.4 is 14.8 Å². The van der Waals surface area contributed by atoms with Crippen molar-refractivity contribution in [1.29, 1.82) is 0 Å². The molecule has 9 heteroatoms. The van der Waals surface area contributed by atoms with E-state index in [0.717, 1.165) is 10.6 Å². The van der Waals surface area contributed by atoms with Gasteiger partial charge in [-0.15, -0.1) is 0 Å². The third kappa shape index (κ3) is 7.03. The first kappa shape index (κ1) is 22.0. The summed E-state index contributed by atoms with van der Waals surface area (Å²) < 4.78 is 35.8. The van der Waals surface area contributed by atoms with Gasteiger partial charge in [0.15, 0.2) is 0 Å². The predicted octanol–water partition coefficient (Wildman–Crippen LogP) is 2.31. The van der Waals surface area contributed by atoms with E-state index in [2.05, 4.69) is 5.32 Å². The minimum absolute atomic E-state index is 0.0201. The molecule has 2 rings (SSSR count). The fourth-order valence-corrected chi connectivity index (χ4v) is 3.29. The monoisotopic (exact) mass is 426 g/mol. The zero-order valence-corrected chi connectivity index (χ0v) is 17.3. The van der Waals surface area contributed by atoms with Gasteiger partial charge in [0.1, 0.15) is 18.1 Å². The van der Waals surface area contributed by atoms with Gasteiger partial charge in [-0.2, -0.15) is 4.31 Å². The molecular formula is C19H23ClN2O5S. The topological polar surface area (TPSA) is 84.9 Å². The normalized spacial score (nSPS) is 11.3. The van der Waals surface area contributed by atoms with Gasteiger partial charge in [0.25, 0.3) is 0 Å². The Balaban J connectivity index is 1.85. The van der Waals surface area contributed by atoms with Gasteiger partial charge in [-0.25, -0.2) is 8.42 Å². The number of halogens is 1. The highest BCUT2D eigenvalue weighted by atomic mass is 35.5. The molecule has 0 fully saturated rings. The van der Waals surface area contributed by atoms with Crippen molar-refractivity contribution >= 4 is 27.5 Å². The lowest BCUT2D eigenvalue weighted by molar-refractivity contribution is -0.121. The van der Waals surface area contributed by atoms with Crippen LogP contribution in [0.4, 0.5) is 0 Å². The maximum absolute atomic E-state index is 12.2. The van der Waals surface area contributed by atoms with Crippen LogP contribution in [-0.4, -0.2) is 51.7 Å². The molecule has 0 spiro atoms. The van der Waals surface area contributed by atoms with E-state index in [1.165, 1.54) is 0 Å². The number of rotatable bonds is 10. The van der Waals surface area contributed by atoms with E-state index >= 15 is 0 Å². The van der Waals surface area contributed by atoms with Gasteiger partial charge in [-0.3, -0.25) is 4.79 Å². The molecule has 7 nitrogen and oxygen atoms in total. The second kappa shape index (κ2) is 10.3. The van der Waals surface area contributed by atoms with Gasteiger partial charge >= 0.3 is 0 Å². The standard InChI is InChI=1S/C19H23ClN2O5S/c1-26-16-7-5-8-17(12-16)27-11-10-21-19(23)14-22(28(2,24)25)13-15-6-3-4-9-18(15)20/h3-9,12H,10-11,13-14H2,1-2H3,(H,21,23). The van der Waals surface area contributed by atoms with E-state index in [4.69, 9.17) is 21.1 Å². The molecule has 0 heterocycles. The molecule has 152 valence electrons. The first-order valence-corrected chi connectivity index (χ1v) is 10.7. The first-order chi connectivity index (χ1) is 13.3. The Labute approximate surface area is 170 Å². The third-order valence-electron chi connectivity index (χ3n) is 3.83. The molecule has 0 aliphatic heterocycles. The molecule has 1 N–H and O–H groups in total. The fraction of sp³-hybridized carbons (Fsp3) is 0.316. The Morgan fingerprint density at radius 3 is 2.54 bits per heavy atom. The molecule has 2 aromatic carbocycles. The molecule has 0 radical (unpaired) electrons. The van der Waals surface area contributed by atoms with Crippen LogP contribution in [0, 0.1) is 0 Å². The number of benzene rings is 2. The number of ether oxygens (including phenoxy) is 2. The quantitative estimate of drug-likeness (QED) is 0.589. The van der Waals surface area contributed by atoms with Crippen LogP contribution in [0.5, 0.6) is 11.5 Å². The second-order valence-corrected chi connectivity index (χ2v) is 8.39. The van der Waals surface area contributed by atoms with Crippen LogP contribution in [0.25, 0.3) is 0 Å². The number of carbonyl (C=O) groups excluding carboxylic acids is 1. The molecular weight excluding hydrogens is 404 g/mol. The average molecular weight is 427 g/mol. The van der Waals surface area contributed by atoms with E-state index in [1.54, 1.807) is 55.6 Å². The maximum Gasteiger partial charge on any atom is 0.235 e. The van der Waals surface area contributed by atoms with Gasteiger partial charge in [-0.05, 0) is 23.8 Å². The lowest BCUT2D eigenvalue weighted by Crippen LogP contribution is -2.41. The lowest BCUT2D eigenvalue weighted by Gasteiger charge is -2.20. The van der Waals surface area contributed by atoms with Crippen molar-refractivity contribution < 1.29 is 22.7 Å². The summed E-state index contributed by atoms with van der Waals surface area (Å²) in [4.78, 5) is 12.2. The first-order valence-electron chi connectivity index (χ1n) is 8.51. The molecule has 0 aliphatic carbocycles. The number of nitrogens with one attached hydrogen (secondary N) is 1. The summed E-state index contributed by atoms with van der Waals surface area (Å²) in [5.41, 5.74) is 0.628. The minimum Gasteiger partial charge on any atom is -0.497 e. The van der Waals surface area contributed by atoms with Crippen LogP contribution in [-0.2, 0) is 21.4 Å². The third-order valence-corrected chi connectivity index (χ3v) is 5.39. The summed E-state index contributed by atoms with van der Waals surface area (Å²) in [7, 11) is -2.02. The van der Waals surface area contributed by atoms with E-state index < -0.39 is 15.9 Å². The van der Waals surface area contributed by atoms with Gasteiger partial charge in [0.2, 0.25) is 15.9 Å². The van der Waals surface area contributed by atoms with E-state index in [0.29, 0.717) is 22.1 Å². The summed E-state index contributed by atoms with van der Waals surface area (Å²) in [6.45, 7) is 0.192. The van der Waals surface area contributed by atoms with Gasteiger partial charge in [0, 0.05) is 17.6 Å². The summed E-state index contributed by atoms with van der Waals surface area (Å²) in [5.74, 6) is 0.863. The highest BCUT2D eigenvalue weighted by Gasteiger charge is 2.21. The van der Waals surface area contributed by atoms with Crippen LogP contribution in [0.15, 0.2) is 48.5 Å². The highest BCUT2D eigenvalue weighted by Crippen LogP contribution is 2.19. The highest BCUT2D eigenvalue weighted by molar-refractivity contribution is 7.88. The van der Waals surface area contributed by atoms with Crippen molar-refractivity contribution in [2.75, 3.05) is 33.1 Å². The molecule has 0 saturated carbocycles. The Kier molecular flexibility index (Phi) is 8.10. The Morgan fingerprint density at radius 1 is 1.14 bits per heavy atom. The molecule has 0 unspecified atom stereocenters. The van der Waals surface area contributed by atoms with Gasteiger partial charge in [0.05, 0.1) is 26.5 Å². The SMILES string of the molecule is COc1cccc(OCCNC(=O)CN(Cc2ccccc2Cl)S(C)(=O)=O)c1. The van der Waals surface area contributed by atoms with E-state index in [-0.39, 0.29) is 26.2 Å². The molecule has 0 atom stereocenters. The molecule has 1 amide bonds. The zero-order valence-electron chi connectivity index (χ0n) is 15.7. The van der Waals surface area contributed by atoms with E-state index in [1.807, 2.05) is 0 Å². The Bertz CT molecular complexity index is 905. The van der Waals surface area contributed by atoms with Crippen molar-refractivity contribution in [3.63, 3.8) is 0 Å². The largest absolute Gasteiger partial charge is 0.497 e. The van der Waals surface area contributed by atoms with Crippen LogP contribution in [0.1, 0.15) is 5.56 Å². The van der Waals surface area contributed by atoms with E-state index in [9.17, 15) is 13.2 Å². The Hall–Kier alpha value is -2.29. The summed E-state index contributed by atoms with van der Waals surface area (Å²) in [6.07, 6.45) is 1.06. The number of methoxy groups -OCH3 is 1. The van der Waals surface area contributed by atoms with Gasteiger partial charge in [-0.1, -0.05) is 35.9 Å². The maximum atomic E-state index is 12.2. The zero-order chi connectivity index (χ0) is 20.6. The lowest BCUT2D eigenvalue weighted by atomic mass is 10.2. The van der Waals surface area contributed by atoms with Crippen molar-refractivity contribution in [2.45, 2.75) is 6.54 Å². The predicted molar refractivity (Wildman–Crippen MR) is 108 cm³/mol. The molecule has 0 aromatic heterocycles. The van der Waals surface area contributed by atoms with Crippen molar-refractivity contribution in [3.8, 4) is 11.5 Å². The molecule has 0 aliphatic rings. The van der Waals surface area contributed by atoms with Crippen molar-refractivity contribution in [1.82, 2.24) is 9.62 Å². The number of nitrogens with zero attached hydrogens (tertiary/aromatic N) is 1. The summed E-state index contributed by atoms with van der Waals surface area (Å²) in [5, 5.41) is 3.10. The van der Waals surface area contributed by atoms with Crippen LogP contribution in [0.2, 0.25) is 5.02 Å². The van der Waals surface area contributed by atoms with Crippen molar-refractivity contribution in [3.05, 3.63) is 59.1 Å². The van der Waals surface area contributed by atoms with Crippen molar-refractivity contribution in [2.24, 2.45) is 0 Å². The minimum atomic E-state index is -3.59. The molecule has 28 heavy (non-hydrogen) atoms. The fourth-order valence-electron chi connectivity index (χ4n) is 2.37. The number of hydrogen-bond donors (Lipinski definition) is 1. The van der Waals surface area contributed by atoms with Crippen LogP contribution >= 0.6 is 11.6 Å². The number of hydrogen-bond acceptors (Lipinski definition) is 5. The number of amides is 1. The average Bonchev–Trinajstić information content (AvgIpc) is 2.66. The summed E-state index contributed by atoms with van der Waals surface area (Å²) in [6, 6.07) is 14.0. The molecule has 0 bridgehead atoms. The molecule has 0 saturated heterocycles. The smallest absolute Gasteiger partial charge is 0.235 e. The number of carbonyl (C=O) groups is 1. The Morgan fingerprint density at radius 2 is 1.86 bits per heavy atom. The van der Waals surface area contributed by atoms with Crippen LogP contribution in [0.3, 0.4) is 0 Å². The number of sulfonamides is 1. The molecule has 2 aromatic rings. The summed E-state index contributed by atoms with van der Waals surface area (Å²) >= 11 is 6.09. The van der Waals surface area contributed by atoms with Gasteiger partial charge < -0.3 is 14.8 Å².